The van der Waals surface area contributed by atoms with Gasteiger partial charge in [0, 0.05) is 22.3 Å². The number of rotatable bonds is 5. The van der Waals surface area contributed by atoms with Crippen molar-refractivity contribution in [2.45, 2.75) is 26.7 Å². The Balaban J connectivity index is 1.52. The fraction of sp³-hybridized carbons (Fsp3) is 0.121. The summed E-state index contributed by atoms with van der Waals surface area (Å²) in [5, 5.41) is 2.60. The maximum atomic E-state index is 12.0. The fourth-order valence-electron chi connectivity index (χ4n) is 5.18. The van der Waals surface area contributed by atoms with Crippen LogP contribution in [0.1, 0.15) is 29.2 Å². The molecule has 6 rings (SSSR count). The highest BCUT2D eigenvalue weighted by atomic mass is 16.5. The van der Waals surface area contributed by atoms with E-state index in [0.717, 1.165) is 29.9 Å². The molecule has 2 aliphatic carbocycles. The van der Waals surface area contributed by atoms with Crippen molar-refractivity contribution in [2.24, 2.45) is 0 Å². The summed E-state index contributed by atoms with van der Waals surface area (Å²) < 4.78 is 5.44. The quantitative estimate of drug-likeness (QED) is 0.168. The molecule has 0 atom stereocenters. The average Bonchev–Trinajstić information content (AvgIpc) is 2.90. The van der Waals surface area contributed by atoms with Gasteiger partial charge < -0.3 is 9.64 Å². The second-order valence-corrected chi connectivity index (χ2v) is 9.57. The molecular formula is C33H27NO2. The van der Waals surface area contributed by atoms with E-state index in [0.29, 0.717) is 11.3 Å². The number of hydrogen-bond donors (Lipinski definition) is 0. The summed E-state index contributed by atoms with van der Waals surface area (Å²) >= 11 is 0. The van der Waals surface area contributed by atoms with Crippen LogP contribution in [0.25, 0.3) is 16.3 Å². The molecule has 3 heteroatoms. The van der Waals surface area contributed by atoms with Crippen molar-refractivity contribution in [3.63, 3.8) is 0 Å². The van der Waals surface area contributed by atoms with Crippen LogP contribution in [-0.2, 0) is 17.6 Å². The Morgan fingerprint density at radius 2 is 1.56 bits per heavy atom. The summed E-state index contributed by atoms with van der Waals surface area (Å²) in [6, 6.07) is 25.3. The summed E-state index contributed by atoms with van der Waals surface area (Å²) in [6.07, 6.45) is 8.78. The Morgan fingerprint density at radius 3 is 2.28 bits per heavy atom. The summed E-state index contributed by atoms with van der Waals surface area (Å²) in [5.41, 5.74) is 10.3. The zero-order valence-corrected chi connectivity index (χ0v) is 20.5. The maximum absolute atomic E-state index is 12.0. The number of nitrogens with zero attached hydrogens (tertiary/aromatic N) is 1. The largest absolute Gasteiger partial charge is 0.423 e. The summed E-state index contributed by atoms with van der Waals surface area (Å²) in [5.74, 6) is 0.0812. The van der Waals surface area contributed by atoms with Gasteiger partial charge in [0.2, 0.25) is 0 Å². The van der Waals surface area contributed by atoms with Crippen LogP contribution < -0.4 is 9.64 Å². The Hall–Kier alpha value is -4.37. The van der Waals surface area contributed by atoms with Gasteiger partial charge in [-0.2, -0.15) is 0 Å². The second-order valence-electron chi connectivity index (χ2n) is 9.57. The third-order valence-corrected chi connectivity index (χ3v) is 6.98. The van der Waals surface area contributed by atoms with Gasteiger partial charge in [-0.05, 0) is 96.8 Å². The lowest BCUT2D eigenvalue weighted by Crippen LogP contribution is -2.13. The molecule has 4 aromatic rings. The van der Waals surface area contributed by atoms with Crippen LogP contribution in [-0.4, -0.2) is 5.97 Å². The van der Waals surface area contributed by atoms with Gasteiger partial charge in [0.15, 0.2) is 0 Å². The minimum Gasteiger partial charge on any atom is -0.423 e. The molecule has 2 aliphatic rings. The van der Waals surface area contributed by atoms with Gasteiger partial charge >= 0.3 is 5.97 Å². The molecule has 0 unspecified atom stereocenters. The minimum absolute atomic E-state index is 0.375. The van der Waals surface area contributed by atoms with E-state index in [9.17, 15) is 4.79 Å². The van der Waals surface area contributed by atoms with E-state index in [1.54, 1.807) is 6.92 Å². The van der Waals surface area contributed by atoms with Crippen molar-refractivity contribution in [1.82, 2.24) is 0 Å². The van der Waals surface area contributed by atoms with Gasteiger partial charge in [0.25, 0.3) is 0 Å². The average molecular weight is 470 g/mol. The van der Waals surface area contributed by atoms with Crippen LogP contribution in [0.15, 0.2) is 103 Å². The third-order valence-electron chi connectivity index (χ3n) is 6.98. The first-order valence-corrected chi connectivity index (χ1v) is 12.3. The van der Waals surface area contributed by atoms with E-state index >= 15 is 0 Å². The van der Waals surface area contributed by atoms with Crippen LogP contribution in [0, 0.1) is 6.92 Å². The monoisotopic (exact) mass is 469 g/mol. The molecule has 3 nitrogen and oxygen atoms in total. The molecule has 4 aromatic carbocycles. The highest BCUT2D eigenvalue weighted by molar-refractivity contribution is 6.08. The molecule has 0 bridgehead atoms. The SMILES string of the molecule is C=C(C)C(=O)Oc1ccc(N(c2ccc(C)cc2)c2ccc3c4c5c(ccc24)CC=CC5=CC3)cc1. The van der Waals surface area contributed by atoms with E-state index in [1.165, 1.54) is 38.6 Å². The lowest BCUT2D eigenvalue weighted by Gasteiger charge is -2.30. The van der Waals surface area contributed by atoms with Crippen LogP contribution >= 0.6 is 0 Å². The topological polar surface area (TPSA) is 29.5 Å². The van der Waals surface area contributed by atoms with Gasteiger partial charge in [0.05, 0.1) is 5.69 Å². The Bertz CT molecular complexity index is 1590. The predicted octanol–water partition coefficient (Wildman–Crippen LogP) is 8.15. The lowest BCUT2D eigenvalue weighted by atomic mass is 9.81. The van der Waals surface area contributed by atoms with Gasteiger partial charge in [0.1, 0.15) is 5.75 Å². The Morgan fingerprint density at radius 1 is 0.861 bits per heavy atom. The lowest BCUT2D eigenvalue weighted by molar-refractivity contribution is -0.130. The van der Waals surface area contributed by atoms with Crippen molar-refractivity contribution in [1.29, 1.82) is 0 Å². The van der Waals surface area contributed by atoms with Crippen molar-refractivity contribution in [2.75, 3.05) is 4.90 Å². The van der Waals surface area contributed by atoms with Crippen LogP contribution in [0.5, 0.6) is 5.75 Å². The summed E-state index contributed by atoms with van der Waals surface area (Å²) in [7, 11) is 0. The molecule has 0 aliphatic heterocycles. The molecule has 0 amide bonds. The molecule has 36 heavy (non-hydrogen) atoms. The first-order valence-electron chi connectivity index (χ1n) is 12.3. The van der Waals surface area contributed by atoms with E-state index in [2.05, 4.69) is 85.2 Å². The molecular weight excluding hydrogens is 442 g/mol. The highest BCUT2D eigenvalue weighted by Crippen LogP contribution is 2.45. The van der Waals surface area contributed by atoms with Crippen molar-refractivity contribution in [3.8, 4) is 5.75 Å². The number of anilines is 3. The maximum Gasteiger partial charge on any atom is 0.338 e. The number of allylic oxidation sites excluding steroid dienone is 4. The third kappa shape index (κ3) is 3.74. The predicted molar refractivity (Wildman–Crippen MR) is 148 cm³/mol. The number of benzene rings is 4. The molecule has 0 spiro atoms. The minimum atomic E-state index is -0.420. The number of carbonyl (C=O) groups excluding carboxylic acids is 1. The number of aryl methyl sites for hydroxylation is 1. The first-order chi connectivity index (χ1) is 17.5. The van der Waals surface area contributed by atoms with E-state index in [1.807, 2.05) is 24.3 Å². The molecule has 0 heterocycles. The number of carbonyl (C=O) groups is 1. The van der Waals surface area contributed by atoms with Gasteiger partial charge in [-0.1, -0.05) is 60.7 Å². The van der Waals surface area contributed by atoms with Gasteiger partial charge in [-0.15, -0.1) is 0 Å². The zero-order chi connectivity index (χ0) is 24.8. The van der Waals surface area contributed by atoms with E-state index in [4.69, 9.17) is 4.74 Å². The normalized spacial score (nSPS) is 13.3. The van der Waals surface area contributed by atoms with E-state index < -0.39 is 5.97 Å². The van der Waals surface area contributed by atoms with Crippen molar-refractivity contribution in [3.05, 3.63) is 125 Å². The van der Waals surface area contributed by atoms with Gasteiger partial charge in [-0.3, -0.25) is 0 Å². The van der Waals surface area contributed by atoms with Crippen molar-refractivity contribution < 1.29 is 9.53 Å². The second kappa shape index (κ2) is 8.69. The first kappa shape index (κ1) is 22.1. The summed E-state index contributed by atoms with van der Waals surface area (Å²) in [4.78, 5) is 14.3. The van der Waals surface area contributed by atoms with Crippen LogP contribution in [0.3, 0.4) is 0 Å². The van der Waals surface area contributed by atoms with E-state index in [-0.39, 0.29) is 0 Å². The molecule has 0 aromatic heterocycles. The Labute approximate surface area is 211 Å². The molecule has 0 fully saturated rings. The number of hydrogen-bond acceptors (Lipinski definition) is 3. The molecule has 0 radical (unpaired) electrons. The molecule has 0 N–H and O–H groups in total. The van der Waals surface area contributed by atoms with Crippen LogP contribution in [0.4, 0.5) is 17.1 Å². The number of ether oxygens (including phenoxy) is 1. The zero-order valence-electron chi connectivity index (χ0n) is 20.5. The fourth-order valence-corrected chi connectivity index (χ4v) is 5.18. The van der Waals surface area contributed by atoms with Gasteiger partial charge in [-0.25, -0.2) is 4.79 Å². The summed E-state index contributed by atoms with van der Waals surface area (Å²) in [6.45, 7) is 7.42. The smallest absolute Gasteiger partial charge is 0.338 e. The van der Waals surface area contributed by atoms with Crippen molar-refractivity contribution >= 4 is 39.4 Å². The molecule has 0 saturated heterocycles. The molecule has 176 valence electrons. The molecule has 0 saturated carbocycles. The Kier molecular flexibility index (Phi) is 5.34. The highest BCUT2D eigenvalue weighted by Gasteiger charge is 2.23. The number of esters is 1. The standard InChI is InChI=1S/C33H27NO2/c1-21(2)33(35)36-28-17-15-27(16-18-28)34(26-13-7-22(3)8-14-26)30-20-12-25-10-9-23-5-4-6-24-11-19-29(30)32(25)31(23)24/h4-5,7-9,11-20H,1,6,10H2,2-3H3. The van der Waals surface area contributed by atoms with Crippen LogP contribution in [0.2, 0.25) is 0 Å².